The molecule has 0 bridgehead atoms. The van der Waals surface area contributed by atoms with Gasteiger partial charge in [0.1, 0.15) is 6.10 Å². The van der Waals surface area contributed by atoms with Crippen LogP contribution in [0.25, 0.3) is 0 Å². The molecule has 1 aromatic rings. The molecular formula is C10H12BrNO2. The van der Waals surface area contributed by atoms with Crippen LogP contribution in [0, 0.1) is 0 Å². The van der Waals surface area contributed by atoms with Crippen molar-refractivity contribution in [2.75, 3.05) is 11.9 Å². The molecule has 0 saturated carbocycles. The van der Waals surface area contributed by atoms with E-state index in [1.165, 1.54) is 0 Å². The Morgan fingerprint density at radius 3 is 3.07 bits per heavy atom. The number of fused-ring (bicyclic) bond motifs is 1. The number of anilines is 1. The molecule has 2 rings (SSSR count). The van der Waals surface area contributed by atoms with Crippen LogP contribution in [0.4, 0.5) is 5.69 Å². The molecule has 0 saturated heterocycles. The molecule has 14 heavy (non-hydrogen) atoms. The van der Waals surface area contributed by atoms with E-state index in [2.05, 4.69) is 21.2 Å². The molecule has 0 radical (unpaired) electrons. The summed E-state index contributed by atoms with van der Waals surface area (Å²) in [5.74, 6) is 0.782. The maximum atomic E-state index is 9.10. The Bertz CT molecular complexity index is 343. The SMILES string of the molecule is CC1Nc2cccc(Br)c2OC1CO. The van der Waals surface area contributed by atoms with Gasteiger partial charge in [0.15, 0.2) is 5.75 Å². The van der Waals surface area contributed by atoms with Crippen molar-refractivity contribution in [1.29, 1.82) is 0 Å². The third-order valence-corrected chi connectivity index (χ3v) is 2.98. The van der Waals surface area contributed by atoms with Crippen LogP contribution in [0.5, 0.6) is 5.75 Å². The van der Waals surface area contributed by atoms with E-state index < -0.39 is 0 Å². The van der Waals surface area contributed by atoms with Gasteiger partial charge in [0.2, 0.25) is 0 Å². The molecule has 4 heteroatoms. The second-order valence-electron chi connectivity index (χ2n) is 3.39. The summed E-state index contributed by atoms with van der Waals surface area (Å²) in [5, 5.41) is 12.4. The lowest BCUT2D eigenvalue weighted by atomic mass is 10.1. The minimum atomic E-state index is -0.179. The van der Waals surface area contributed by atoms with Gasteiger partial charge in [-0.05, 0) is 35.0 Å². The van der Waals surface area contributed by atoms with Crippen LogP contribution < -0.4 is 10.1 Å². The van der Waals surface area contributed by atoms with Gasteiger partial charge in [-0.2, -0.15) is 0 Å². The summed E-state index contributed by atoms with van der Waals surface area (Å²) in [4.78, 5) is 0. The molecule has 1 aliphatic heterocycles. The van der Waals surface area contributed by atoms with Crippen LogP contribution in [0.15, 0.2) is 22.7 Å². The highest BCUT2D eigenvalue weighted by molar-refractivity contribution is 9.10. The maximum absolute atomic E-state index is 9.10. The van der Waals surface area contributed by atoms with E-state index in [4.69, 9.17) is 9.84 Å². The van der Waals surface area contributed by atoms with Crippen molar-refractivity contribution >= 4 is 21.6 Å². The fraction of sp³-hybridized carbons (Fsp3) is 0.400. The predicted molar refractivity (Wildman–Crippen MR) is 58.7 cm³/mol. The van der Waals surface area contributed by atoms with Crippen LogP contribution >= 0.6 is 15.9 Å². The first-order valence-corrected chi connectivity index (χ1v) is 5.34. The lowest BCUT2D eigenvalue weighted by molar-refractivity contribution is 0.0970. The average molecular weight is 258 g/mol. The third kappa shape index (κ3) is 1.60. The summed E-state index contributed by atoms with van der Waals surface area (Å²) >= 11 is 3.41. The van der Waals surface area contributed by atoms with Crippen LogP contribution in [0.2, 0.25) is 0 Å². The first-order valence-electron chi connectivity index (χ1n) is 4.55. The van der Waals surface area contributed by atoms with Crippen molar-refractivity contribution in [3.63, 3.8) is 0 Å². The second-order valence-corrected chi connectivity index (χ2v) is 4.24. The van der Waals surface area contributed by atoms with Gasteiger partial charge < -0.3 is 15.2 Å². The molecule has 76 valence electrons. The van der Waals surface area contributed by atoms with Crippen LogP contribution in [0.3, 0.4) is 0 Å². The molecule has 0 fully saturated rings. The van der Waals surface area contributed by atoms with Crippen molar-refractivity contribution in [1.82, 2.24) is 0 Å². The molecule has 2 atom stereocenters. The predicted octanol–water partition coefficient (Wildman–Crippen LogP) is 2.00. The molecule has 3 nitrogen and oxygen atoms in total. The number of hydrogen-bond donors (Lipinski definition) is 2. The molecule has 2 N–H and O–H groups in total. The Morgan fingerprint density at radius 2 is 2.36 bits per heavy atom. The van der Waals surface area contributed by atoms with Gasteiger partial charge in [0.05, 0.1) is 22.8 Å². The van der Waals surface area contributed by atoms with Crippen molar-refractivity contribution in [3.05, 3.63) is 22.7 Å². The Hall–Kier alpha value is -0.740. The van der Waals surface area contributed by atoms with E-state index in [1.807, 2.05) is 25.1 Å². The third-order valence-electron chi connectivity index (χ3n) is 2.36. The summed E-state index contributed by atoms with van der Waals surface area (Å²) in [5.41, 5.74) is 0.969. The number of aliphatic hydroxyl groups is 1. The number of halogens is 1. The number of nitrogens with one attached hydrogen (secondary N) is 1. The Kier molecular flexibility index (Phi) is 2.65. The molecule has 1 aromatic carbocycles. The van der Waals surface area contributed by atoms with Gasteiger partial charge in [0.25, 0.3) is 0 Å². The zero-order chi connectivity index (χ0) is 10.1. The van der Waals surface area contributed by atoms with Gasteiger partial charge in [-0.15, -0.1) is 0 Å². The molecule has 0 spiro atoms. The Labute approximate surface area is 91.2 Å². The van der Waals surface area contributed by atoms with Gasteiger partial charge in [-0.3, -0.25) is 0 Å². The molecule has 0 aromatic heterocycles. The standard InChI is InChI=1S/C10H12BrNO2/c1-6-9(5-13)14-10-7(11)3-2-4-8(10)12-6/h2-4,6,9,12-13H,5H2,1H3. The monoisotopic (exact) mass is 257 g/mol. The smallest absolute Gasteiger partial charge is 0.157 e. The lowest BCUT2D eigenvalue weighted by Gasteiger charge is -2.32. The summed E-state index contributed by atoms with van der Waals surface area (Å²) in [7, 11) is 0. The maximum Gasteiger partial charge on any atom is 0.157 e. The number of rotatable bonds is 1. The average Bonchev–Trinajstić information content (AvgIpc) is 2.17. The molecule has 1 aliphatic rings. The van der Waals surface area contributed by atoms with Gasteiger partial charge >= 0.3 is 0 Å². The van der Waals surface area contributed by atoms with E-state index in [9.17, 15) is 0 Å². The lowest BCUT2D eigenvalue weighted by Crippen LogP contribution is -2.41. The van der Waals surface area contributed by atoms with Gasteiger partial charge in [-0.1, -0.05) is 6.07 Å². The number of hydrogen-bond acceptors (Lipinski definition) is 3. The Balaban J connectivity index is 2.36. The summed E-state index contributed by atoms with van der Waals surface area (Å²) in [6.45, 7) is 2.01. The quantitative estimate of drug-likeness (QED) is 0.809. The molecular weight excluding hydrogens is 246 g/mol. The van der Waals surface area contributed by atoms with E-state index in [1.54, 1.807) is 0 Å². The van der Waals surface area contributed by atoms with Crippen molar-refractivity contribution in [3.8, 4) is 5.75 Å². The van der Waals surface area contributed by atoms with Crippen LogP contribution in [0.1, 0.15) is 6.92 Å². The Morgan fingerprint density at radius 1 is 1.57 bits per heavy atom. The van der Waals surface area contributed by atoms with E-state index in [0.717, 1.165) is 15.9 Å². The summed E-state index contributed by atoms with van der Waals surface area (Å²) in [6, 6.07) is 5.96. The topological polar surface area (TPSA) is 41.5 Å². The molecule has 0 amide bonds. The first kappa shape index (κ1) is 9.80. The fourth-order valence-electron chi connectivity index (χ4n) is 1.53. The van der Waals surface area contributed by atoms with Gasteiger partial charge in [-0.25, -0.2) is 0 Å². The fourth-order valence-corrected chi connectivity index (χ4v) is 1.99. The van der Waals surface area contributed by atoms with E-state index >= 15 is 0 Å². The number of aliphatic hydroxyl groups excluding tert-OH is 1. The largest absolute Gasteiger partial charge is 0.483 e. The number of para-hydroxylation sites is 1. The molecule has 1 heterocycles. The van der Waals surface area contributed by atoms with Gasteiger partial charge in [0, 0.05) is 0 Å². The summed E-state index contributed by atoms with van der Waals surface area (Å²) in [6.07, 6.45) is -0.179. The minimum Gasteiger partial charge on any atom is -0.483 e. The molecule has 0 aliphatic carbocycles. The highest BCUT2D eigenvalue weighted by atomic mass is 79.9. The second kappa shape index (κ2) is 3.79. The highest BCUT2D eigenvalue weighted by Gasteiger charge is 2.26. The van der Waals surface area contributed by atoms with Crippen molar-refractivity contribution in [2.24, 2.45) is 0 Å². The number of ether oxygens (including phenoxy) is 1. The normalized spacial score (nSPS) is 24.8. The highest BCUT2D eigenvalue weighted by Crippen LogP contribution is 2.37. The van der Waals surface area contributed by atoms with E-state index in [-0.39, 0.29) is 18.8 Å². The first-order chi connectivity index (χ1) is 6.72. The zero-order valence-electron chi connectivity index (χ0n) is 7.83. The van der Waals surface area contributed by atoms with Crippen molar-refractivity contribution in [2.45, 2.75) is 19.1 Å². The van der Waals surface area contributed by atoms with Crippen molar-refractivity contribution < 1.29 is 9.84 Å². The summed E-state index contributed by atoms with van der Waals surface area (Å²) < 4.78 is 6.57. The molecule has 2 unspecified atom stereocenters. The van der Waals surface area contributed by atoms with Crippen LogP contribution in [-0.4, -0.2) is 23.9 Å². The van der Waals surface area contributed by atoms with Crippen LogP contribution in [-0.2, 0) is 0 Å². The minimum absolute atomic E-state index is 0.0228. The van der Waals surface area contributed by atoms with E-state index in [0.29, 0.717) is 0 Å². The zero-order valence-corrected chi connectivity index (χ0v) is 9.41. The number of benzene rings is 1.